The first kappa shape index (κ1) is 12.1. The van der Waals surface area contributed by atoms with Crippen LogP contribution in [0, 0.1) is 0 Å². The van der Waals surface area contributed by atoms with Gasteiger partial charge < -0.3 is 4.74 Å². The van der Waals surface area contributed by atoms with Crippen molar-refractivity contribution in [1.82, 2.24) is 4.72 Å². The Bertz CT molecular complexity index is 594. The van der Waals surface area contributed by atoms with Crippen molar-refractivity contribution in [3.63, 3.8) is 0 Å². The highest BCUT2D eigenvalue weighted by molar-refractivity contribution is 9.10. The van der Waals surface area contributed by atoms with Crippen molar-refractivity contribution in [2.45, 2.75) is 4.90 Å². The van der Waals surface area contributed by atoms with E-state index in [4.69, 9.17) is 0 Å². The molecule has 0 fully saturated rings. The van der Waals surface area contributed by atoms with Crippen LogP contribution in [0.25, 0.3) is 0 Å². The minimum absolute atomic E-state index is 0.0531. The van der Waals surface area contributed by atoms with Gasteiger partial charge in [0.2, 0.25) is 0 Å². The molecule has 0 radical (unpaired) electrons. The second kappa shape index (κ2) is 4.50. The van der Waals surface area contributed by atoms with Crippen molar-refractivity contribution >= 4 is 31.9 Å². The number of halogens is 1. The normalized spacial score (nSPS) is 15.4. The Morgan fingerprint density at radius 3 is 2.59 bits per heavy atom. The highest BCUT2D eigenvalue weighted by Crippen LogP contribution is 2.21. The smallest absolute Gasteiger partial charge is 0.333 e. The van der Waals surface area contributed by atoms with Crippen molar-refractivity contribution in [3.05, 3.63) is 40.5 Å². The van der Waals surface area contributed by atoms with E-state index in [1.54, 1.807) is 18.2 Å². The molecule has 7 heteroatoms. The fraction of sp³-hybridized carbons (Fsp3) is 0.100. The molecule has 1 N–H and O–H groups in total. The second-order valence-corrected chi connectivity index (χ2v) is 5.82. The first-order valence-electron chi connectivity index (χ1n) is 4.64. The summed E-state index contributed by atoms with van der Waals surface area (Å²) in [6, 6.07) is 6.42. The first-order valence-corrected chi connectivity index (χ1v) is 6.91. The lowest BCUT2D eigenvalue weighted by molar-refractivity contribution is -0.134. The summed E-state index contributed by atoms with van der Waals surface area (Å²) >= 11 is 3.16. The molecule has 1 aliphatic heterocycles. The van der Waals surface area contributed by atoms with Crippen LogP contribution in [0.5, 0.6) is 0 Å². The molecule has 2 rings (SSSR count). The van der Waals surface area contributed by atoms with Gasteiger partial charge in [0.1, 0.15) is 11.5 Å². The molecule has 1 aromatic rings. The number of hydrogen-bond acceptors (Lipinski definition) is 4. The van der Waals surface area contributed by atoms with E-state index in [-0.39, 0.29) is 17.2 Å². The molecular formula is C10H8BrNO4S. The van der Waals surface area contributed by atoms with Gasteiger partial charge in [-0.1, -0.05) is 12.1 Å². The van der Waals surface area contributed by atoms with Gasteiger partial charge in [0.15, 0.2) is 0 Å². The van der Waals surface area contributed by atoms with Crippen LogP contribution in [0.4, 0.5) is 0 Å². The molecule has 0 saturated carbocycles. The molecule has 0 aromatic heterocycles. The average Bonchev–Trinajstić information content (AvgIpc) is 2.63. The van der Waals surface area contributed by atoms with E-state index in [0.717, 1.165) is 6.08 Å². The zero-order valence-electron chi connectivity index (χ0n) is 8.51. The van der Waals surface area contributed by atoms with Gasteiger partial charge in [0, 0.05) is 10.5 Å². The maximum absolute atomic E-state index is 12.0. The minimum atomic E-state index is -3.70. The van der Waals surface area contributed by atoms with Gasteiger partial charge in [-0.15, -0.1) is 0 Å². The molecule has 1 aliphatic rings. The molecule has 0 aliphatic carbocycles. The number of rotatable bonds is 3. The van der Waals surface area contributed by atoms with Crippen LogP contribution in [-0.2, 0) is 19.6 Å². The van der Waals surface area contributed by atoms with Crippen molar-refractivity contribution in [1.29, 1.82) is 0 Å². The van der Waals surface area contributed by atoms with Crippen LogP contribution in [0.15, 0.2) is 45.4 Å². The third-order valence-corrected chi connectivity index (χ3v) is 4.47. The summed E-state index contributed by atoms with van der Waals surface area (Å²) in [5.41, 5.74) is 0.228. The Kier molecular flexibility index (Phi) is 3.21. The monoisotopic (exact) mass is 317 g/mol. The van der Waals surface area contributed by atoms with Crippen LogP contribution in [-0.4, -0.2) is 21.0 Å². The van der Waals surface area contributed by atoms with Crippen molar-refractivity contribution in [3.8, 4) is 0 Å². The third kappa shape index (κ3) is 2.67. The largest absolute Gasteiger partial charge is 0.456 e. The summed E-state index contributed by atoms with van der Waals surface area (Å²) in [7, 11) is -3.70. The van der Waals surface area contributed by atoms with Crippen molar-refractivity contribution in [2.24, 2.45) is 0 Å². The molecule has 0 amide bonds. The summed E-state index contributed by atoms with van der Waals surface area (Å²) in [4.78, 5) is 10.9. The number of nitrogens with one attached hydrogen (secondary N) is 1. The van der Waals surface area contributed by atoms with Gasteiger partial charge >= 0.3 is 5.97 Å². The Morgan fingerprint density at radius 2 is 2.00 bits per heavy atom. The van der Waals surface area contributed by atoms with Gasteiger partial charge in [-0.05, 0) is 28.1 Å². The molecule has 1 aromatic carbocycles. The van der Waals surface area contributed by atoms with E-state index in [0.29, 0.717) is 4.47 Å². The van der Waals surface area contributed by atoms with Gasteiger partial charge in [0.05, 0.1) is 5.70 Å². The first-order chi connectivity index (χ1) is 7.99. The molecule has 5 nitrogen and oxygen atoms in total. The predicted octanol–water partition coefficient (Wildman–Crippen LogP) is 1.17. The summed E-state index contributed by atoms with van der Waals surface area (Å²) in [5, 5.41) is 0. The van der Waals surface area contributed by atoms with Gasteiger partial charge in [-0.25, -0.2) is 13.2 Å². The van der Waals surface area contributed by atoms with Crippen LogP contribution in [0.1, 0.15) is 0 Å². The molecule has 1 heterocycles. The lowest BCUT2D eigenvalue weighted by Crippen LogP contribution is -2.24. The highest BCUT2D eigenvalue weighted by Gasteiger charge is 2.22. The molecule has 0 saturated heterocycles. The Balaban J connectivity index is 2.29. The summed E-state index contributed by atoms with van der Waals surface area (Å²) in [6.45, 7) is -0.0531. The summed E-state index contributed by atoms with van der Waals surface area (Å²) < 4.78 is 31.3. The van der Waals surface area contributed by atoms with Crippen molar-refractivity contribution < 1.29 is 17.9 Å². The number of hydrogen-bond donors (Lipinski definition) is 1. The SMILES string of the molecule is O=C1C=C(NS(=O)(=O)c2ccccc2Br)CO1. The zero-order chi connectivity index (χ0) is 12.5. The van der Waals surface area contributed by atoms with E-state index in [1.165, 1.54) is 6.07 Å². The van der Waals surface area contributed by atoms with Crippen LogP contribution in [0.2, 0.25) is 0 Å². The fourth-order valence-electron chi connectivity index (χ4n) is 1.32. The van der Waals surface area contributed by atoms with Crippen LogP contribution in [0.3, 0.4) is 0 Å². The lowest BCUT2D eigenvalue weighted by atomic mass is 10.4. The highest BCUT2D eigenvalue weighted by atomic mass is 79.9. The maximum atomic E-state index is 12.0. The number of cyclic esters (lactones) is 1. The van der Waals surface area contributed by atoms with E-state index >= 15 is 0 Å². The number of carbonyl (C=O) groups is 1. The fourth-order valence-corrected chi connectivity index (χ4v) is 3.40. The minimum Gasteiger partial charge on any atom is -0.456 e. The molecule has 17 heavy (non-hydrogen) atoms. The predicted molar refractivity (Wildman–Crippen MR) is 63.5 cm³/mol. The summed E-state index contributed by atoms with van der Waals surface area (Å²) in [5.74, 6) is -0.546. The molecule has 0 atom stereocenters. The van der Waals surface area contributed by atoms with E-state index in [9.17, 15) is 13.2 Å². The van der Waals surface area contributed by atoms with E-state index < -0.39 is 16.0 Å². The second-order valence-electron chi connectivity index (χ2n) is 3.31. The Labute approximate surface area is 107 Å². The van der Waals surface area contributed by atoms with Crippen molar-refractivity contribution in [2.75, 3.05) is 6.61 Å². The van der Waals surface area contributed by atoms with Gasteiger partial charge in [-0.2, -0.15) is 0 Å². The maximum Gasteiger partial charge on any atom is 0.333 e. The molecule has 0 unspecified atom stereocenters. The standard InChI is InChI=1S/C10H8BrNO4S/c11-8-3-1-2-4-9(8)17(14,15)12-7-5-10(13)16-6-7/h1-5,12H,6H2. The Morgan fingerprint density at radius 1 is 1.29 bits per heavy atom. The molecule has 0 spiro atoms. The number of ether oxygens (including phenoxy) is 1. The lowest BCUT2D eigenvalue weighted by Gasteiger charge is -2.08. The molecule has 90 valence electrons. The average molecular weight is 318 g/mol. The Hall–Kier alpha value is -1.34. The van der Waals surface area contributed by atoms with E-state index in [2.05, 4.69) is 25.4 Å². The quantitative estimate of drug-likeness (QED) is 0.849. The van der Waals surface area contributed by atoms with Gasteiger partial charge in [0.25, 0.3) is 10.0 Å². The van der Waals surface area contributed by atoms with Gasteiger partial charge in [-0.3, -0.25) is 4.72 Å². The molecule has 0 bridgehead atoms. The number of esters is 1. The third-order valence-electron chi connectivity index (χ3n) is 2.05. The number of sulfonamides is 1. The zero-order valence-corrected chi connectivity index (χ0v) is 10.9. The number of benzene rings is 1. The summed E-state index contributed by atoms with van der Waals surface area (Å²) in [6.07, 6.45) is 1.12. The number of carbonyl (C=O) groups excluding carboxylic acids is 1. The van der Waals surface area contributed by atoms with Crippen LogP contribution < -0.4 is 4.72 Å². The van der Waals surface area contributed by atoms with E-state index in [1.807, 2.05) is 0 Å². The molecular weight excluding hydrogens is 310 g/mol. The topological polar surface area (TPSA) is 72.5 Å². The van der Waals surface area contributed by atoms with Crippen LogP contribution >= 0.6 is 15.9 Å².